The van der Waals surface area contributed by atoms with Gasteiger partial charge < -0.3 is 15.3 Å². The largest absolute Gasteiger partial charge is 0.395 e. The minimum atomic E-state index is -3.60. The summed E-state index contributed by atoms with van der Waals surface area (Å²) in [6.07, 6.45) is 13.7. The van der Waals surface area contributed by atoms with Crippen molar-refractivity contribution in [2.75, 3.05) is 46.1 Å². The fourth-order valence-electron chi connectivity index (χ4n) is 3.74. The van der Waals surface area contributed by atoms with Crippen molar-refractivity contribution >= 4 is 10.1 Å². The van der Waals surface area contributed by atoms with Gasteiger partial charge in [-0.1, -0.05) is 82.9 Å². The first-order valence-electron chi connectivity index (χ1n) is 13.0. The summed E-state index contributed by atoms with van der Waals surface area (Å²) in [4.78, 5) is 2.13. The number of aryl methyl sites for hydroxylation is 1. The zero-order valence-electron chi connectivity index (χ0n) is 21.5. The number of benzene rings is 1. The number of aliphatic hydroxyl groups excluding tert-OH is 3. The predicted molar refractivity (Wildman–Crippen MR) is 138 cm³/mol. The molecule has 0 aliphatic heterocycles. The Morgan fingerprint density at radius 3 is 1.68 bits per heavy atom. The molecule has 0 aromatic heterocycles. The van der Waals surface area contributed by atoms with E-state index in [9.17, 15) is 8.42 Å². The molecule has 0 heterocycles. The molecule has 1 aromatic rings. The van der Waals surface area contributed by atoms with E-state index in [1.807, 2.05) is 12.1 Å². The lowest BCUT2D eigenvalue weighted by Crippen LogP contribution is -2.32. The van der Waals surface area contributed by atoms with E-state index in [2.05, 4.69) is 6.92 Å². The van der Waals surface area contributed by atoms with Crippen molar-refractivity contribution in [3.63, 3.8) is 0 Å². The van der Waals surface area contributed by atoms with Crippen molar-refractivity contribution in [2.45, 2.75) is 89.4 Å². The molecule has 0 saturated carbocycles. The highest BCUT2D eigenvalue weighted by Crippen LogP contribution is 2.20. The first kappa shape index (κ1) is 33.0. The van der Waals surface area contributed by atoms with Gasteiger partial charge in [-0.2, -0.15) is 8.42 Å². The Labute approximate surface area is 208 Å². The molecule has 0 radical (unpaired) electrons. The number of unbranched alkanes of at least 4 members (excludes halogenated alkanes) is 9. The molecule has 0 aliphatic carbocycles. The average molecular weight is 504 g/mol. The Hall–Kier alpha value is -1.03. The van der Waals surface area contributed by atoms with E-state index in [1.165, 1.54) is 51.4 Å². The van der Waals surface area contributed by atoms with Gasteiger partial charge in [0.2, 0.25) is 0 Å². The van der Waals surface area contributed by atoms with Gasteiger partial charge in [-0.25, -0.2) is 0 Å². The molecule has 0 spiro atoms. The van der Waals surface area contributed by atoms with Gasteiger partial charge in [0.1, 0.15) is 0 Å². The van der Waals surface area contributed by atoms with Crippen molar-refractivity contribution in [3.05, 3.63) is 29.8 Å². The lowest BCUT2D eigenvalue weighted by atomic mass is 10.0. The highest BCUT2D eigenvalue weighted by atomic mass is 32.2. The quantitative estimate of drug-likeness (QED) is 0.181. The van der Waals surface area contributed by atoms with E-state index < -0.39 is 10.1 Å². The van der Waals surface area contributed by atoms with Crippen molar-refractivity contribution < 1.29 is 27.9 Å². The van der Waals surface area contributed by atoms with Crippen LogP contribution in [0.3, 0.4) is 0 Å². The third kappa shape index (κ3) is 16.6. The van der Waals surface area contributed by atoms with Crippen LogP contribution < -0.4 is 0 Å². The van der Waals surface area contributed by atoms with Crippen LogP contribution >= 0.6 is 0 Å². The number of hydrogen-bond acceptors (Lipinski definition) is 7. The van der Waals surface area contributed by atoms with Gasteiger partial charge in [-0.15, -0.1) is 0 Å². The van der Waals surface area contributed by atoms with Crippen LogP contribution in [0.15, 0.2) is 29.2 Å². The Balaban J connectivity index is 0.000000916. The summed E-state index contributed by atoms with van der Waals surface area (Å²) >= 11 is 0. The third-order valence-electron chi connectivity index (χ3n) is 5.56. The lowest BCUT2D eigenvalue weighted by Gasteiger charge is -2.17. The van der Waals surface area contributed by atoms with Gasteiger partial charge in [-0.05, 0) is 31.4 Å². The van der Waals surface area contributed by atoms with Gasteiger partial charge in [0.15, 0.2) is 0 Å². The van der Waals surface area contributed by atoms with Crippen LogP contribution in [0.1, 0.15) is 83.6 Å². The molecule has 200 valence electrons. The Bertz CT molecular complexity index is 669. The van der Waals surface area contributed by atoms with Crippen LogP contribution in [-0.4, -0.2) is 74.7 Å². The summed E-state index contributed by atoms with van der Waals surface area (Å²) in [6.45, 7) is 5.87. The molecule has 0 atom stereocenters. The smallest absolute Gasteiger partial charge is 0.297 e. The van der Waals surface area contributed by atoms with Crippen LogP contribution in [0.5, 0.6) is 0 Å². The number of rotatable bonds is 20. The summed E-state index contributed by atoms with van der Waals surface area (Å²) in [5, 5.41) is 25.5. The standard InChI is InChI=1S/C20H34O3S.C6H15NO3/c1-3-5-6-7-8-9-10-11-12-13-16-19-17-14-15-18-20(19)24(21,22)23-4-2;8-4-1-7(2-5-9)3-6-10/h14-15,17-18H,3-13,16H2,1-2H3;8-10H,1-6H2. The van der Waals surface area contributed by atoms with E-state index in [-0.39, 0.29) is 26.4 Å². The maximum atomic E-state index is 12.1. The molecule has 0 fully saturated rings. The number of hydrogen-bond donors (Lipinski definition) is 3. The van der Waals surface area contributed by atoms with Crippen LogP contribution in [-0.2, 0) is 20.7 Å². The molecule has 0 aliphatic rings. The van der Waals surface area contributed by atoms with Crippen molar-refractivity contribution in [2.24, 2.45) is 0 Å². The van der Waals surface area contributed by atoms with E-state index in [1.54, 1.807) is 24.0 Å². The molecule has 0 unspecified atom stereocenters. The topological polar surface area (TPSA) is 107 Å². The molecule has 0 amide bonds. The number of aliphatic hydroxyl groups is 3. The summed E-state index contributed by atoms with van der Waals surface area (Å²) in [5.41, 5.74) is 0.880. The van der Waals surface area contributed by atoms with Gasteiger partial charge in [0.05, 0.1) is 31.3 Å². The van der Waals surface area contributed by atoms with Gasteiger partial charge in [0.25, 0.3) is 10.1 Å². The zero-order chi connectivity index (χ0) is 25.5. The van der Waals surface area contributed by atoms with Crippen molar-refractivity contribution in [1.29, 1.82) is 0 Å². The molecule has 7 nitrogen and oxygen atoms in total. The molecule has 0 bridgehead atoms. The van der Waals surface area contributed by atoms with E-state index in [0.717, 1.165) is 24.8 Å². The molecule has 0 saturated heterocycles. The molecule has 1 aromatic carbocycles. The minimum absolute atomic E-state index is 0.0694. The first-order chi connectivity index (χ1) is 16.5. The second-order valence-electron chi connectivity index (χ2n) is 8.41. The average Bonchev–Trinajstić information content (AvgIpc) is 2.81. The molecular weight excluding hydrogens is 454 g/mol. The van der Waals surface area contributed by atoms with Gasteiger partial charge in [-0.3, -0.25) is 9.08 Å². The molecule has 3 N–H and O–H groups in total. The molecular formula is C26H49NO6S. The van der Waals surface area contributed by atoms with E-state index in [0.29, 0.717) is 24.5 Å². The fourth-order valence-corrected chi connectivity index (χ4v) is 4.91. The normalized spacial score (nSPS) is 11.5. The predicted octanol–water partition coefficient (Wildman–Crippen LogP) is 4.14. The maximum absolute atomic E-state index is 12.1. The van der Waals surface area contributed by atoms with Crippen LogP contribution in [0, 0.1) is 0 Å². The second kappa shape index (κ2) is 22.4. The van der Waals surface area contributed by atoms with Crippen LogP contribution in [0.4, 0.5) is 0 Å². The Kier molecular flexibility index (Phi) is 21.8. The van der Waals surface area contributed by atoms with Gasteiger partial charge >= 0.3 is 0 Å². The molecule has 1 rings (SSSR count). The lowest BCUT2D eigenvalue weighted by molar-refractivity contribution is 0.136. The summed E-state index contributed by atoms with van der Waals surface area (Å²) < 4.78 is 29.2. The van der Waals surface area contributed by atoms with Crippen molar-refractivity contribution in [3.8, 4) is 0 Å². The molecule has 34 heavy (non-hydrogen) atoms. The summed E-state index contributed by atoms with van der Waals surface area (Å²) in [7, 11) is -3.60. The SMILES string of the molecule is CCCCCCCCCCCCc1ccccc1S(=O)(=O)OCC.OCCN(CCO)CCO. The van der Waals surface area contributed by atoms with Crippen LogP contribution in [0.2, 0.25) is 0 Å². The van der Waals surface area contributed by atoms with E-state index >= 15 is 0 Å². The molecule has 8 heteroatoms. The number of nitrogens with zero attached hydrogens (tertiary/aromatic N) is 1. The summed E-state index contributed by atoms with van der Waals surface area (Å²) in [6, 6.07) is 7.21. The minimum Gasteiger partial charge on any atom is -0.395 e. The first-order valence-corrected chi connectivity index (χ1v) is 14.4. The van der Waals surface area contributed by atoms with E-state index in [4.69, 9.17) is 19.5 Å². The monoisotopic (exact) mass is 503 g/mol. The highest BCUT2D eigenvalue weighted by molar-refractivity contribution is 7.86. The Morgan fingerprint density at radius 2 is 1.21 bits per heavy atom. The summed E-state index contributed by atoms with van der Waals surface area (Å²) in [5.74, 6) is 0. The third-order valence-corrected chi connectivity index (χ3v) is 7.05. The second-order valence-corrected chi connectivity index (χ2v) is 10.00. The fraction of sp³-hybridized carbons (Fsp3) is 0.769. The Morgan fingerprint density at radius 1 is 0.735 bits per heavy atom. The highest BCUT2D eigenvalue weighted by Gasteiger charge is 2.17. The maximum Gasteiger partial charge on any atom is 0.297 e. The van der Waals surface area contributed by atoms with Gasteiger partial charge in [0, 0.05) is 19.6 Å². The zero-order valence-corrected chi connectivity index (χ0v) is 22.3. The van der Waals surface area contributed by atoms with Crippen LogP contribution in [0.25, 0.3) is 0 Å². The van der Waals surface area contributed by atoms with Crippen molar-refractivity contribution in [1.82, 2.24) is 4.90 Å².